The van der Waals surface area contributed by atoms with Gasteiger partial charge >= 0.3 is 23.9 Å². The second-order valence-corrected chi connectivity index (χ2v) is 17.1. The Balaban J connectivity index is 1.86. The summed E-state index contributed by atoms with van der Waals surface area (Å²) in [5.74, 6) is -2.44. The second-order valence-electron chi connectivity index (χ2n) is 8.49. The highest BCUT2D eigenvalue weighted by Crippen LogP contribution is 2.26. The van der Waals surface area contributed by atoms with Gasteiger partial charge in [-0.1, -0.05) is 46.9 Å². The molecule has 0 saturated carbocycles. The predicted octanol–water partition coefficient (Wildman–Crippen LogP) is 0.266. The highest BCUT2D eigenvalue weighted by Gasteiger charge is 2.48. The summed E-state index contributed by atoms with van der Waals surface area (Å²) in [5, 5.41) is 4.33. The zero-order valence-corrected chi connectivity index (χ0v) is 17.8. The molecule has 140 valence electrons. The number of carbonyl (C=O) groups excluding carboxylic acids is 4. The fourth-order valence-electron chi connectivity index (χ4n) is 4.62. The lowest BCUT2D eigenvalue weighted by molar-refractivity contribution is 0.0425. The van der Waals surface area contributed by atoms with Gasteiger partial charge in [-0.3, -0.25) is 0 Å². The standard InChI is InChI=1S/C20H16O6Si2/c1-27(2)13-5-9-11(19(23)25-17(9)21)7-15(13)28(3,4)16-8-12-10(6-14(16)27)18(22)26-20(12)24/h5-8H,1-4H3. The Morgan fingerprint density at radius 3 is 0.929 bits per heavy atom. The van der Waals surface area contributed by atoms with Crippen LogP contribution in [-0.4, -0.2) is 40.0 Å². The third-order valence-electron chi connectivity index (χ3n) is 6.26. The van der Waals surface area contributed by atoms with E-state index in [1.165, 1.54) is 0 Å². The van der Waals surface area contributed by atoms with Crippen molar-refractivity contribution < 1.29 is 28.7 Å². The molecule has 0 spiro atoms. The van der Waals surface area contributed by atoms with Crippen LogP contribution in [0.3, 0.4) is 0 Å². The molecule has 0 aromatic heterocycles. The molecule has 0 atom stereocenters. The van der Waals surface area contributed by atoms with Gasteiger partial charge in [-0.05, 0) is 24.3 Å². The Morgan fingerprint density at radius 1 is 0.500 bits per heavy atom. The minimum Gasteiger partial charge on any atom is -0.386 e. The van der Waals surface area contributed by atoms with Crippen LogP contribution in [0, 0.1) is 0 Å². The van der Waals surface area contributed by atoms with Crippen molar-refractivity contribution in [1.29, 1.82) is 0 Å². The quantitative estimate of drug-likeness (QED) is 0.353. The van der Waals surface area contributed by atoms with Gasteiger partial charge in [0.25, 0.3) is 0 Å². The highest BCUT2D eigenvalue weighted by molar-refractivity contribution is 7.16. The molecule has 2 aromatic rings. The van der Waals surface area contributed by atoms with E-state index in [-0.39, 0.29) is 0 Å². The number of hydrogen-bond donors (Lipinski definition) is 0. The Bertz CT molecular complexity index is 1010. The van der Waals surface area contributed by atoms with E-state index in [0.29, 0.717) is 22.3 Å². The molecule has 6 nitrogen and oxygen atoms in total. The third-order valence-corrected chi connectivity index (χ3v) is 13.8. The van der Waals surface area contributed by atoms with Crippen molar-refractivity contribution in [3.8, 4) is 0 Å². The van der Waals surface area contributed by atoms with E-state index in [2.05, 4.69) is 26.2 Å². The van der Waals surface area contributed by atoms with Crippen LogP contribution in [0.25, 0.3) is 0 Å². The molecule has 0 bridgehead atoms. The fraction of sp³-hybridized carbons (Fsp3) is 0.200. The molecule has 3 aliphatic heterocycles. The van der Waals surface area contributed by atoms with Gasteiger partial charge in [0.1, 0.15) is 16.1 Å². The maximum atomic E-state index is 12.1. The molecule has 3 aliphatic rings. The number of benzene rings is 2. The fourth-order valence-corrected chi connectivity index (χ4v) is 14.0. The first-order valence-corrected chi connectivity index (χ1v) is 14.9. The maximum Gasteiger partial charge on any atom is 0.346 e. The number of hydrogen-bond acceptors (Lipinski definition) is 6. The molecule has 0 aliphatic carbocycles. The first kappa shape index (κ1) is 17.3. The van der Waals surface area contributed by atoms with Gasteiger partial charge < -0.3 is 9.47 Å². The molecule has 0 unspecified atom stereocenters. The summed E-state index contributed by atoms with van der Waals surface area (Å²) >= 11 is 0. The minimum atomic E-state index is -2.31. The van der Waals surface area contributed by atoms with Crippen molar-refractivity contribution in [2.45, 2.75) is 26.2 Å². The number of esters is 4. The first-order valence-electron chi connectivity index (χ1n) is 8.94. The van der Waals surface area contributed by atoms with E-state index in [9.17, 15) is 19.2 Å². The average molecular weight is 409 g/mol. The van der Waals surface area contributed by atoms with Crippen molar-refractivity contribution in [3.63, 3.8) is 0 Å². The van der Waals surface area contributed by atoms with Crippen molar-refractivity contribution in [2.75, 3.05) is 0 Å². The minimum absolute atomic E-state index is 0.313. The van der Waals surface area contributed by atoms with Crippen LogP contribution in [-0.2, 0) is 9.47 Å². The Morgan fingerprint density at radius 2 is 0.714 bits per heavy atom. The number of fused-ring (bicyclic) bond motifs is 4. The van der Waals surface area contributed by atoms with Gasteiger partial charge in [-0.2, -0.15) is 0 Å². The number of ether oxygens (including phenoxy) is 2. The lowest BCUT2D eigenvalue weighted by Crippen LogP contribution is -2.78. The summed E-state index contributed by atoms with van der Waals surface area (Å²) in [6.07, 6.45) is 0. The van der Waals surface area contributed by atoms with Crippen LogP contribution in [0.2, 0.25) is 26.2 Å². The third kappa shape index (κ3) is 1.91. The van der Waals surface area contributed by atoms with E-state index in [0.717, 1.165) is 20.7 Å². The summed E-state index contributed by atoms with van der Waals surface area (Å²) in [7, 11) is -4.63. The molecule has 0 amide bonds. The first-order chi connectivity index (χ1) is 13.0. The lowest BCUT2D eigenvalue weighted by Gasteiger charge is -2.42. The van der Waals surface area contributed by atoms with Crippen LogP contribution in [0.15, 0.2) is 24.3 Å². The summed E-state index contributed by atoms with van der Waals surface area (Å²) in [5.41, 5.74) is 1.25. The Hall–Kier alpha value is -2.85. The zero-order chi connectivity index (χ0) is 20.2. The number of rotatable bonds is 0. The van der Waals surface area contributed by atoms with Gasteiger partial charge in [-0.15, -0.1) is 0 Å². The largest absolute Gasteiger partial charge is 0.386 e. The summed E-state index contributed by atoms with van der Waals surface area (Å²) in [6, 6.07) is 7.27. The Labute approximate surface area is 162 Å². The van der Waals surface area contributed by atoms with Gasteiger partial charge in [0.05, 0.1) is 22.3 Å². The molecule has 0 radical (unpaired) electrons. The SMILES string of the molecule is C[Si]1(C)c2cc3c(cc2[Si](C)(C)c2cc4c(cc21)C(=O)OC4=O)C(=O)OC3=O. The second kappa shape index (κ2) is 4.95. The van der Waals surface area contributed by atoms with E-state index < -0.39 is 40.0 Å². The predicted molar refractivity (Wildman–Crippen MR) is 106 cm³/mol. The summed E-state index contributed by atoms with van der Waals surface area (Å²) in [4.78, 5) is 48.4. The molecular weight excluding hydrogens is 392 g/mol. The van der Waals surface area contributed by atoms with Crippen molar-refractivity contribution in [2.24, 2.45) is 0 Å². The topological polar surface area (TPSA) is 86.7 Å². The molecule has 28 heavy (non-hydrogen) atoms. The molecule has 8 heteroatoms. The smallest absolute Gasteiger partial charge is 0.346 e. The van der Waals surface area contributed by atoms with Crippen LogP contribution < -0.4 is 20.7 Å². The van der Waals surface area contributed by atoms with E-state index >= 15 is 0 Å². The van der Waals surface area contributed by atoms with Crippen molar-refractivity contribution >= 4 is 60.8 Å². The van der Waals surface area contributed by atoms with Crippen LogP contribution in [0.5, 0.6) is 0 Å². The van der Waals surface area contributed by atoms with Gasteiger partial charge in [0.15, 0.2) is 0 Å². The van der Waals surface area contributed by atoms with Gasteiger partial charge in [0.2, 0.25) is 0 Å². The maximum absolute atomic E-state index is 12.1. The van der Waals surface area contributed by atoms with E-state index in [4.69, 9.17) is 9.47 Å². The summed E-state index contributed by atoms with van der Waals surface area (Å²) < 4.78 is 9.61. The van der Waals surface area contributed by atoms with Crippen molar-refractivity contribution in [3.05, 3.63) is 46.5 Å². The molecule has 0 N–H and O–H groups in total. The molecule has 0 saturated heterocycles. The van der Waals surface area contributed by atoms with E-state index in [1.54, 1.807) is 0 Å². The van der Waals surface area contributed by atoms with Gasteiger partial charge in [0, 0.05) is 0 Å². The molecular formula is C20H16O6Si2. The van der Waals surface area contributed by atoms with E-state index in [1.807, 2.05) is 24.3 Å². The van der Waals surface area contributed by atoms with Crippen molar-refractivity contribution in [1.82, 2.24) is 0 Å². The Kier molecular flexibility index (Phi) is 3.05. The number of cyclic esters (lactones) is 4. The molecule has 5 rings (SSSR count). The summed E-state index contributed by atoms with van der Waals surface area (Å²) in [6.45, 7) is 8.60. The normalized spacial score (nSPS) is 20.1. The monoisotopic (exact) mass is 408 g/mol. The lowest BCUT2D eigenvalue weighted by atomic mass is 10.1. The van der Waals surface area contributed by atoms with Crippen LogP contribution >= 0.6 is 0 Å². The number of carbonyl (C=O) groups is 4. The van der Waals surface area contributed by atoms with Crippen LogP contribution in [0.4, 0.5) is 0 Å². The molecule has 3 heterocycles. The average Bonchev–Trinajstić information content (AvgIpc) is 3.07. The van der Waals surface area contributed by atoms with Crippen LogP contribution in [0.1, 0.15) is 41.4 Å². The zero-order valence-electron chi connectivity index (χ0n) is 15.8. The molecule has 0 fully saturated rings. The molecule has 2 aromatic carbocycles. The van der Waals surface area contributed by atoms with Gasteiger partial charge in [-0.25, -0.2) is 19.2 Å². The highest BCUT2D eigenvalue weighted by atomic mass is 28.3.